The van der Waals surface area contributed by atoms with Crippen molar-refractivity contribution in [1.29, 1.82) is 0 Å². The van der Waals surface area contributed by atoms with Gasteiger partial charge in [-0.15, -0.1) is 0 Å². The zero-order chi connectivity index (χ0) is 12.3. The maximum atomic E-state index is 11.8. The average Bonchev–Trinajstić information content (AvgIpc) is 2.83. The topological polar surface area (TPSA) is 45.8 Å². The van der Waals surface area contributed by atoms with Crippen molar-refractivity contribution in [3.63, 3.8) is 0 Å². The van der Waals surface area contributed by atoms with Crippen LogP contribution < -0.4 is 0 Å². The molecule has 1 N–H and O–H groups in total. The Labute approximate surface area is 105 Å². The van der Waals surface area contributed by atoms with E-state index in [2.05, 4.69) is 9.97 Å². The lowest BCUT2D eigenvalue weighted by Gasteiger charge is -2.05. The second kappa shape index (κ2) is 5.15. The van der Waals surface area contributed by atoms with Crippen molar-refractivity contribution in [3.8, 4) is 11.3 Å². The standard InChI is InChI=1S/C13H13ClN2O/c1-2-3-13(17)9-4-5-11(14)10(6-9)12-7-15-8-16-12/h4-8H,2-3H2,1H3,(H,15,16). The number of ketones is 1. The summed E-state index contributed by atoms with van der Waals surface area (Å²) in [4.78, 5) is 18.7. The van der Waals surface area contributed by atoms with Crippen molar-refractivity contribution >= 4 is 17.4 Å². The first-order valence-corrected chi connectivity index (χ1v) is 5.91. The molecule has 0 fully saturated rings. The number of halogens is 1. The molecule has 0 aliphatic carbocycles. The van der Waals surface area contributed by atoms with Gasteiger partial charge in [0.05, 0.1) is 18.2 Å². The first-order valence-electron chi connectivity index (χ1n) is 5.54. The van der Waals surface area contributed by atoms with Gasteiger partial charge in [-0.25, -0.2) is 4.98 Å². The van der Waals surface area contributed by atoms with Gasteiger partial charge in [-0.3, -0.25) is 4.79 Å². The van der Waals surface area contributed by atoms with Gasteiger partial charge in [0, 0.05) is 22.6 Å². The van der Waals surface area contributed by atoms with E-state index >= 15 is 0 Å². The van der Waals surface area contributed by atoms with Gasteiger partial charge in [0.25, 0.3) is 0 Å². The zero-order valence-corrected chi connectivity index (χ0v) is 10.3. The van der Waals surface area contributed by atoms with Crippen molar-refractivity contribution in [1.82, 2.24) is 9.97 Å². The molecule has 0 saturated carbocycles. The Morgan fingerprint density at radius 2 is 2.29 bits per heavy atom. The number of carbonyl (C=O) groups excluding carboxylic acids is 1. The molecular weight excluding hydrogens is 236 g/mol. The lowest BCUT2D eigenvalue weighted by Crippen LogP contribution is -1.98. The van der Waals surface area contributed by atoms with Gasteiger partial charge in [-0.05, 0) is 24.6 Å². The Bertz CT molecular complexity index is 520. The number of Topliss-reactive ketones (excluding diaryl/α,β-unsaturated/α-hetero) is 1. The predicted octanol–water partition coefficient (Wildman–Crippen LogP) is 3.71. The highest BCUT2D eigenvalue weighted by atomic mass is 35.5. The first kappa shape index (κ1) is 11.9. The van der Waals surface area contributed by atoms with Gasteiger partial charge in [0.2, 0.25) is 0 Å². The molecule has 2 rings (SSSR count). The fraction of sp³-hybridized carbons (Fsp3) is 0.231. The summed E-state index contributed by atoms with van der Waals surface area (Å²) in [5, 5.41) is 0.613. The summed E-state index contributed by atoms with van der Waals surface area (Å²) in [6.45, 7) is 1.99. The third kappa shape index (κ3) is 2.56. The van der Waals surface area contributed by atoms with Crippen LogP contribution in [0.3, 0.4) is 0 Å². The number of nitrogens with zero attached hydrogens (tertiary/aromatic N) is 1. The van der Waals surface area contributed by atoms with E-state index in [0.29, 0.717) is 17.0 Å². The largest absolute Gasteiger partial charge is 0.345 e. The highest BCUT2D eigenvalue weighted by Crippen LogP contribution is 2.27. The van der Waals surface area contributed by atoms with Gasteiger partial charge in [-0.1, -0.05) is 18.5 Å². The number of imidazole rings is 1. The van der Waals surface area contributed by atoms with Crippen LogP contribution in [0.2, 0.25) is 5.02 Å². The summed E-state index contributed by atoms with van der Waals surface area (Å²) < 4.78 is 0. The van der Waals surface area contributed by atoms with Crippen molar-refractivity contribution in [3.05, 3.63) is 41.3 Å². The molecule has 0 atom stereocenters. The summed E-state index contributed by atoms with van der Waals surface area (Å²) in [6.07, 6.45) is 4.69. The van der Waals surface area contributed by atoms with Crippen LogP contribution in [-0.2, 0) is 0 Å². The number of hydrogen-bond donors (Lipinski definition) is 1. The zero-order valence-electron chi connectivity index (χ0n) is 9.53. The fourth-order valence-corrected chi connectivity index (χ4v) is 1.90. The summed E-state index contributed by atoms with van der Waals surface area (Å²) in [5.74, 6) is 0.143. The van der Waals surface area contributed by atoms with E-state index in [1.54, 1.807) is 24.7 Å². The monoisotopic (exact) mass is 248 g/mol. The number of carbonyl (C=O) groups is 1. The molecule has 0 saturated heterocycles. The minimum absolute atomic E-state index is 0.143. The predicted molar refractivity (Wildman–Crippen MR) is 68.3 cm³/mol. The Kier molecular flexibility index (Phi) is 3.59. The van der Waals surface area contributed by atoms with E-state index in [9.17, 15) is 4.79 Å². The molecule has 0 unspecified atom stereocenters. The van der Waals surface area contributed by atoms with Crippen LogP contribution >= 0.6 is 11.6 Å². The minimum Gasteiger partial charge on any atom is -0.345 e. The molecule has 4 heteroatoms. The van der Waals surface area contributed by atoms with Crippen molar-refractivity contribution < 1.29 is 4.79 Å². The Balaban J connectivity index is 2.40. The van der Waals surface area contributed by atoms with Crippen LogP contribution in [0.4, 0.5) is 0 Å². The molecule has 3 nitrogen and oxygen atoms in total. The summed E-state index contributed by atoms with van der Waals surface area (Å²) in [7, 11) is 0. The van der Waals surface area contributed by atoms with E-state index in [1.807, 2.05) is 13.0 Å². The fourth-order valence-electron chi connectivity index (χ4n) is 1.68. The van der Waals surface area contributed by atoms with E-state index in [4.69, 9.17) is 11.6 Å². The van der Waals surface area contributed by atoms with E-state index in [1.165, 1.54) is 0 Å². The normalized spacial score (nSPS) is 10.5. The lowest BCUT2D eigenvalue weighted by molar-refractivity contribution is 0.0982. The number of benzene rings is 1. The van der Waals surface area contributed by atoms with Gasteiger partial charge in [-0.2, -0.15) is 0 Å². The molecule has 1 heterocycles. The molecule has 0 amide bonds. The van der Waals surface area contributed by atoms with Crippen LogP contribution in [0, 0.1) is 0 Å². The number of rotatable bonds is 4. The van der Waals surface area contributed by atoms with E-state index in [0.717, 1.165) is 17.7 Å². The highest BCUT2D eigenvalue weighted by molar-refractivity contribution is 6.33. The number of aromatic nitrogens is 2. The second-order valence-corrected chi connectivity index (χ2v) is 4.24. The van der Waals surface area contributed by atoms with Crippen LogP contribution in [0.1, 0.15) is 30.1 Å². The maximum absolute atomic E-state index is 11.8. The molecule has 1 aromatic carbocycles. The average molecular weight is 249 g/mol. The molecule has 88 valence electrons. The van der Waals surface area contributed by atoms with Crippen molar-refractivity contribution in [2.24, 2.45) is 0 Å². The maximum Gasteiger partial charge on any atom is 0.162 e. The van der Waals surface area contributed by atoms with Crippen LogP contribution in [0.15, 0.2) is 30.7 Å². The molecule has 1 aromatic heterocycles. The molecule has 0 aliphatic rings. The second-order valence-electron chi connectivity index (χ2n) is 3.83. The lowest BCUT2D eigenvalue weighted by atomic mass is 10.0. The number of aromatic amines is 1. The third-order valence-corrected chi connectivity index (χ3v) is 2.88. The third-order valence-electron chi connectivity index (χ3n) is 2.55. The number of H-pyrrole nitrogens is 1. The number of hydrogen-bond acceptors (Lipinski definition) is 2. The number of nitrogens with one attached hydrogen (secondary N) is 1. The molecule has 0 bridgehead atoms. The van der Waals surface area contributed by atoms with E-state index < -0.39 is 0 Å². The first-order chi connectivity index (χ1) is 8.22. The Hall–Kier alpha value is -1.61. The molecular formula is C13H13ClN2O. The summed E-state index contributed by atoms with van der Waals surface area (Å²) >= 11 is 6.11. The molecule has 0 aliphatic heterocycles. The Morgan fingerprint density at radius 1 is 1.47 bits per heavy atom. The van der Waals surface area contributed by atoms with Gasteiger partial charge >= 0.3 is 0 Å². The van der Waals surface area contributed by atoms with Crippen molar-refractivity contribution in [2.75, 3.05) is 0 Å². The van der Waals surface area contributed by atoms with Gasteiger partial charge < -0.3 is 4.98 Å². The van der Waals surface area contributed by atoms with Gasteiger partial charge in [0.15, 0.2) is 5.78 Å². The highest BCUT2D eigenvalue weighted by Gasteiger charge is 2.10. The summed E-state index contributed by atoms with van der Waals surface area (Å²) in [5.41, 5.74) is 2.33. The molecule has 0 radical (unpaired) electrons. The van der Waals surface area contributed by atoms with Crippen LogP contribution in [0.25, 0.3) is 11.3 Å². The smallest absolute Gasteiger partial charge is 0.162 e. The van der Waals surface area contributed by atoms with Crippen molar-refractivity contribution in [2.45, 2.75) is 19.8 Å². The molecule has 17 heavy (non-hydrogen) atoms. The van der Waals surface area contributed by atoms with Crippen LogP contribution in [-0.4, -0.2) is 15.8 Å². The quantitative estimate of drug-likeness (QED) is 0.839. The summed E-state index contributed by atoms with van der Waals surface area (Å²) in [6, 6.07) is 5.33. The Morgan fingerprint density at radius 3 is 2.94 bits per heavy atom. The molecule has 0 spiro atoms. The minimum atomic E-state index is 0.143. The van der Waals surface area contributed by atoms with Gasteiger partial charge in [0.1, 0.15) is 0 Å². The SMILES string of the molecule is CCCC(=O)c1ccc(Cl)c(-c2cnc[nH]2)c1. The van der Waals surface area contributed by atoms with Crippen LogP contribution in [0.5, 0.6) is 0 Å². The van der Waals surface area contributed by atoms with E-state index in [-0.39, 0.29) is 5.78 Å². The molecule has 2 aromatic rings.